The third kappa shape index (κ3) is 25.8. The molecule has 5 amide bonds. The van der Waals surface area contributed by atoms with E-state index in [0.29, 0.717) is 142 Å². The van der Waals surface area contributed by atoms with E-state index in [9.17, 15) is 24.0 Å². The van der Waals surface area contributed by atoms with Gasteiger partial charge in [-0.3, -0.25) is 14.4 Å². The van der Waals surface area contributed by atoms with Crippen LogP contribution in [-0.2, 0) is 57.0 Å². The second-order valence-corrected chi connectivity index (χ2v) is 18.6. The van der Waals surface area contributed by atoms with E-state index in [0.717, 1.165) is 25.0 Å². The first-order valence-electron chi connectivity index (χ1n) is 24.5. The average Bonchev–Trinajstić information content (AvgIpc) is 3.93. The number of hydrogen-bond acceptors (Lipinski definition) is 18. The number of urea groups is 1. The highest BCUT2D eigenvalue weighted by Crippen LogP contribution is 2.33. The van der Waals surface area contributed by atoms with E-state index in [4.69, 9.17) is 52.1 Å². The summed E-state index contributed by atoms with van der Waals surface area (Å²) in [5.74, 6) is 0.0794. The largest absolute Gasteiger partial charge is 0.467 e. The molecule has 1 aromatic carbocycles. The van der Waals surface area contributed by atoms with Crippen LogP contribution in [0.3, 0.4) is 0 Å². The van der Waals surface area contributed by atoms with Gasteiger partial charge in [0.15, 0.2) is 6.04 Å². The molecule has 2 aliphatic heterocycles. The number of unbranched alkanes of at least 4 members (excludes halogenated alkanes) is 1. The van der Waals surface area contributed by atoms with Crippen molar-refractivity contribution in [3.8, 4) is 11.6 Å². The minimum absolute atomic E-state index is 0.0294. The number of carbonyl (C=O) groups is 5. The number of nitrogens with zero attached hydrogens (tertiary/aromatic N) is 1. The fourth-order valence-electron chi connectivity index (χ4n) is 6.89. The topological polar surface area (TPSA) is 260 Å². The van der Waals surface area contributed by atoms with Crippen LogP contribution in [0.25, 0.3) is 0 Å². The number of nitrogens with one attached hydrogen (secondary N) is 5. The first-order chi connectivity index (χ1) is 34.9. The van der Waals surface area contributed by atoms with Crippen molar-refractivity contribution in [2.45, 2.75) is 75.4 Å². The molecule has 2 aromatic rings. The molecule has 2 fully saturated rings. The van der Waals surface area contributed by atoms with Crippen molar-refractivity contribution in [3.05, 3.63) is 53.7 Å². The number of carbonyl (C=O) groups excluding carboxylic acids is 5. The highest BCUT2D eigenvalue weighted by Gasteiger charge is 2.42. The van der Waals surface area contributed by atoms with Crippen LogP contribution in [0, 0.1) is 0 Å². The standard InChI is InChI=1S/C49H76N6O16S/c1-49(2,3)70-34-39(47(59)61-4)53-46(58)37-12-13-43(52-33-37)71-38-9-7-8-36(32-38)45(57)51-15-17-63-19-21-65-23-25-67-27-29-69-31-30-68-28-26-66-24-22-64-20-18-62-16-14-50-42(56)11-6-5-10-41-44-40(35-72-41)54-48(60)55-44/h7-9,12-13,32-33,39-41,44H,5-6,10-11,14-31,34-35H2,1-4H3,(H,50,56)(H,51,57)(H,53,58)(H2,54,55,60). The van der Waals surface area contributed by atoms with Crippen molar-refractivity contribution in [3.63, 3.8) is 0 Å². The molecular formula is C49H76N6O16S. The van der Waals surface area contributed by atoms with Crippen LogP contribution >= 0.6 is 11.8 Å². The van der Waals surface area contributed by atoms with Crippen LogP contribution in [0.4, 0.5) is 4.79 Å². The van der Waals surface area contributed by atoms with Gasteiger partial charge in [-0.05, 0) is 57.9 Å². The van der Waals surface area contributed by atoms with Crippen LogP contribution < -0.4 is 31.3 Å². The van der Waals surface area contributed by atoms with Crippen LogP contribution in [0.2, 0.25) is 0 Å². The summed E-state index contributed by atoms with van der Waals surface area (Å²) in [6.07, 6.45) is 4.60. The summed E-state index contributed by atoms with van der Waals surface area (Å²) in [6, 6.07) is 8.97. The van der Waals surface area contributed by atoms with Crippen molar-refractivity contribution in [1.29, 1.82) is 0 Å². The first-order valence-corrected chi connectivity index (χ1v) is 25.6. The van der Waals surface area contributed by atoms with E-state index in [1.54, 1.807) is 24.3 Å². The van der Waals surface area contributed by atoms with Crippen molar-refractivity contribution >= 4 is 41.5 Å². The van der Waals surface area contributed by atoms with E-state index < -0.39 is 23.5 Å². The fraction of sp³-hybridized carbons (Fsp3) is 0.673. The number of ether oxygens (including phenoxy) is 11. The molecule has 0 saturated carbocycles. The van der Waals surface area contributed by atoms with Crippen molar-refractivity contribution in [2.75, 3.05) is 138 Å². The van der Waals surface area contributed by atoms with E-state index in [2.05, 4.69) is 31.6 Å². The Labute approximate surface area is 426 Å². The molecule has 0 spiro atoms. The van der Waals surface area contributed by atoms with Gasteiger partial charge in [0.25, 0.3) is 11.8 Å². The smallest absolute Gasteiger partial charge is 0.330 e. The fourth-order valence-corrected chi connectivity index (χ4v) is 8.43. The number of aromatic nitrogens is 1. The van der Waals surface area contributed by atoms with Gasteiger partial charge < -0.3 is 78.7 Å². The maximum absolute atomic E-state index is 12.8. The number of pyridine rings is 1. The number of esters is 1. The van der Waals surface area contributed by atoms with Crippen molar-refractivity contribution in [1.82, 2.24) is 31.6 Å². The normalized spacial score (nSPS) is 16.6. The summed E-state index contributed by atoms with van der Waals surface area (Å²) < 4.78 is 60.4. The molecule has 2 aliphatic rings. The average molecular weight is 1040 g/mol. The van der Waals surface area contributed by atoms with E-state index in [1.165, 1.54) is 25.4 Å². The Hall–Kier alpha value is -4.69. The zero-order valence-electron chi connectivity index (χ0n) is 42.2. The Kier molecular flexibility index (Phi) is 29.5. The van der Waals surface area contributed by atoms with Crippen molar-refractivity contribution in [2.24, 2.45) is 0 Å². The highest BCUT2D eigenvalue weighted by molar-refractivity contribution is 8.00. The van der Waals surface area contributed by atoms with Gasteiger partial charge in [0, 0.05) is 48.3 Å². The number of methoxy groups -OCH3 is 1. The Morgan fingerprint density at radius 2 is 1.28 bits per heavy atom. The van der Waals surface area contributed by atoms with Gasteiger partial charge in [-0.1, -0.05) is 12.5 Å². The van der Waals surface area contributed by atoms with Gasteiger partial charge >= 0.3 is 12.0 Å². The molecule has 1 aromatic heterocycles. The van der Waals surface area contributed by atoms with E-state index in [-0.39, 0.29) is 48.0 Å². The summed E-state index contributed by atoms with van der Waals surface area (Å²) in [4.78, 5) is 65.5. The first kappa shape index (κ1) is 59.9. The maximum Gasteiger partial charge on any atom is 0.330 e. The number of hydrogen-bond donors (Lipinski definition) is 5. The van der Waals surface area contributed by atoms with E-state index in [1.807, 2.05) is 32.5 Å². The summed E-state index contributed by atoms with van der Waals surface area (Å²) in [5.41, 5.74) is 0.0652. The van der Waals surface area contributed by atoms with Crippen LogP contribution in [-0.4, -0.2) is 202 Å². The van der Waals surface area contributed by atoms with Gasteiger partial charge in [0.1, 0.15) is 5.75 Å². The number of thioether (sulfide) groups is 1. The number of fused-ring (bicyclic) bond motifs is 1. The van der Waals surface area contributed by atoms with Crippen LogP contribution in [0.5, 0.6) is 11.6 Å². The lowest BCUT2D eigenvalue weighted by molar-refractivity contribution is -0.146. The zero-order chi connectivity index (χ0) is 51.7. The van der Waals surface area contributed by atoms with Gasteiger partial charge in [0.05, 0.1) is 143 Å². The molecular weight excluding hydrogens is 961 g/mol. The molecule has 0 bridgehead atoms. The van der Waals surface area contributed by atoms with Crippen LogP contribution in [0.15, 0.2) is 42.6 Å². The van der Waals surface area contributed by atoms with Gasteiger partial charge in [0.2, 0.25) is 11.8 Å². The monoisotopic (exact) mass is 1040 g/mol. The van der Waals surface area contributed by atoms with Gasteiger partial charge in [-0.25, -0.2) is 14.6 Å². The molecule has 23 heteroatoms. The molecule has 5 N–H and O–H groups in total. The zero-order valence-corrected chi connectivity index (χ0v) is 43.0. The molecule has 72 heavy (non-hydrogen) atoms. The number of rotatable bonds is 40. The minimum Gasteiger partial charge on any atom is -0.467 e. The predicted molar refractivity (Wildman–Crippen MR) is 266 cm³/mol. The van der Waals surface area contributed by atoms with Crippen LogP contribution in [0.1, 0.15) is 67.2 Å². The SMILES string of the molecule is COC(=O)C(COC(C)(C)C)NC(=O)c1ccc(Oc2cccc(C(=O)NCCOCCOCCOCCOCCOCCOCCOCCOCCNC(=O)CCCCC3SCC4NC(=O)NC43)c2)nc1. The molecule has 404 valence electrons. The molecule has 0 radical (unpaired) electrons. The van der Waals surface area contributed by atoms with E-state index >= 15 is 0 Å². The molecule has 2 saturated heterocycles. The summed E-state index contributed by atoms with van der Waals surface area (Å²) in [5, 5.41) is 14.7. The summed E-state index contributed by atoms with van der Waals surface area (Å²) >= 11 is 1.89. The Morgan fingerprint density at radius 1 is 0.708 bits per heavy atom. The number of amides is 5. The van der Waals surface area contributed by atoms with Crippen molar-refractivity contribution < 1.29 is 76.1 Å². The molecule has 3 heterocycles. The molecule has 4 rings (SSSR count). The Bertz CT molecular complexity index is 1880. The highest BCUT2D eigenvalue weighted by atomic mass is 32.2. The second-order valence-electron chi connectivity index (χ2n) is 17.4. The molecule has 4 unspecified atom stereocenters. The lowest BCUT2D eigenvalue weighted by Crippen LogP contribution is -2.46. The Morgan fingerprint density at radius 3 is 1.82 bits per heavy atom. The molecule has 0 aliphatic carbocycles. The quantitative estimate of drug-likeness (QED) is 0.0365. The summed E-state index contributed by atoms with van der Waals surface area (Å²) in [7, 11) is 1.24. The third-order valence-corrected chi connectivity index (χ3v) is 12.1. The second kappa shape index (κ2) is 35.5. The maximum atomic E-state index is 12.8. The summed E-state index contributed by atoms with van der Waals surface area (Å²) in [6.45, 7) is 13.0. The van der Waals surface area contributed by atoms with Gasteiger partial charge in [-0.2, -0.15) is 11.8 Å². The predicted octanol–water partition coefficient (Wildman–Crippen LogP) is 2.67. The molecule has 22 nitrogen and oxygen atoms in total. The minimum atomic E-state index is -1.000. The Balaban J connectivity index is 0.849. The molecule has 4 atom stereocenters. The van der Waals surface area contributed by atoms with Gasteiger partial charge in [-0.15, -0.1) is 0 Å². The lowest BCUT2D eigenvalue weighted by Gasteiger charge is -2.23. The number of benzene rings is 1. The lowest BCUT2D eigenvalue weighted by atomic mass is 10.0. The third-order valence-electron chi connectivity index (χ3n) is 10.6.